The number of benzene rings is 2. The van der Waals surface area contributed by atoms with E-state index in [0.717, 1.165) is 5.56 Å². The number of hydrogen-bond donors (Lipinski definition) is 3. The first kappa shape index (κ1) is 22.7. The van der Waals surface area contributed by atoms with Crippen LogP contribution in [0, 0.1) is 0 Å². The predicted octanol–water partition coefficient (Wildman–Crippen LogP) is 3.09. The number of rotatable bonds is 7. The van der Waals surface area contributed by atoms with Crippen LogP contribution in [-0.4, -0.2) is 37.2 Å². The second-order valence-electron chi connectivity index (χ2n) is 7.47. The van der Waals surface area contributed by atoms with Gasteiger partial charge in [0.1, 0.15) is 17.9 Å². The Bertz CT molecular complexity index is 888. The molecule has 0 aliphatic carbocycles. The minimum absolute atomic E-state index is 0.223. The van der Waals surface area contributed by atoms with Gasteiger partial charge in [-0.15, -0.1) is 0 Å². The molecule has 0 aromatic heterocycles. The van der Waals surface area contributed by atoms with E-state index in [-0.39, 0.29) is 19.0 Å². The standard InChI is InChI=1S/C22H27N3O5/c1-22(2,3)30-21(28)24-14-19(26)25-18-8-6-5-7-16(18)13-23-20(27)15-9-11-17(29-4)12-10-15/h5-12H,13-14H2,1-4H3,(H,23,27)(H,24,28)(H,25,26). The summed E-state index contributed by atoms with van der Waals surface area (Å²) in [6.07, 6.45) is -0.669. The molecular formula is C22H27N3O5. The van der Waals surface area contributed by atoms with Crippen molar-refractivity contribution in [3.05, 3.63) is 59.7 Å². The summed E-state index contributed by atoms with van der Waals surface area (Å²) in [5.74, 6) is 0.0137. The van der Waals surface area contributed by atoms with E-state index >= 15 is 0 Å². The Morgan fingerprint density at radius 2 is 1.60 bits per heavy atom. The van der Waals surface area contributed by atoms with Crippen LogP contribution in [0.3, 0.4) is 0 Å². The summed E-state index contributed by atoms with van der Waals surface area (Å²) in [6.45, 7) is 5.21. The van der Waals surface area contributed by atoms with Gasteiger partial charge in [0, 0.05) is 17.8 Å². The number of nitrogens with one attached hydrogen (secondary N) is 3. The summed E-state index contributed by atoms with van der Waals surface area (Å²) in [7, 11) is 1.56. The highest BCUT2D eigenvalue weighted by molar-refractivity contribution is 5.95. The molecule has 0 atom stereocenters. The SMILES string of the molecule is COc1ccc(C(=O)NCc2ccccc2NC(=O)CNC(=O)OC(C)(C)C)cc1. The highest BCUT2D eigenvalue weighted by Crippen LogP contribution is 2.16. The number of hydrogen-bond acceptors (Lipinski definition) is 5. The van der Waals surface area contributed by atoms with Crippen molar-refractivity contribution in [2.24, 2.45) is 0 Å². The van der Waals surface area contributed by atoms with Gasteiger partial charge in [0.25, 0.3) is 5.91 Å². The molecule has 8 heteroatoms. The summed E-state index contributed by atoms with van der Waals surface area (Å²) in [5, 5.41) is 7.96. The number of carbonyl (C=O) groups is 3. The lowest BCUT2D eigenvalue weighted by molar-refractivity contribution is -0.115. The number of anilines is 1. The molecule has 0 heterocycles. The van der Waals surface area contributed by atoms with E-state index in [1.54, 1.807) is 70.3 Å². The van der Waals surface area contributed by atoms with Gasteiger partial charge in [-0.1, -0.05) is 18.2 Å². The molecule has 160 valence electrons. The largest absolute Gasteiger partial charge is 0.497 e. The third-order valence-corrected chi connectivity index (χ3v) is 3.88. The number of alkyl carbamates (subject to hydrolysis) is 1. The molecule has 0 saturated heterocycles. The van der Waals surface area contributed by atoms with Gasteiger partial charge in [-0.2, -0.15) is 0 Å². The number of ether oxygens (including phenoxy) is 2. The molecule has 0 saturated carbocycles. The van der Waals surface area contributed by atoms with Gasteiger partial charge in [0.15, 0.2) is 0 Å². The zero-order valence-electron chi connectivity index (χ0n) is 17.6. The van der Waals surface area contributed by atoms with Crippen LogP contribution in [0.1, 0.15) is 36.7 Å². The average Bonchev–Trinajstić information content (AvgIpc) is 2.70. The Morgan fingerprint density at radius 3 is 2.23 bits per heavy atom. The Balaban J connectivity index is 1.91. The summed E-state index contributed by atoms with van der Waals surface area (Å²) in [4.78, 5) is 36.2. The molecule has 3 N–H and O–H groups in total. The molecular weight excluding hydrogens is 386 g/mol. The molecule has 0 spiro atoms. The maximum atomic E-state index is 12.3. The molecule has 8 nitrogen and oxygen atoms in total. The Morgan fingerprint density at radius 1 is 0.933 bits per heavy atom. The Hall–Kier alpha value is -3.55. The first-order valence-electron chi connectivity index (χ1n) is 9.45. The predicted molar refractivity (Wildman–Crippen MR) is 113 cm³/mol. The van der Waals surface area contributed by atoms with Gasteiger partial charge in [-0.25, -0.2) is 4.79 Å². The summed E-state index contributed by atoms with van der Waals surface area (Å²) in [5.41, 5.74) is 1.13. The molecule has 2 aromatic carbocycles. The van der Waals surface area contributed by atoms with Crippen LogP contribution in [0.5, 0.6) is 5.75 Å². The lowest BCUT2D eigenvalue weighted by Gasteiger charge is -2.19. The van der Waals surface area contributed by atoms with Crippen LogP contribution in [-0.2, 0) is 16.1 Å². The van der Waals surface area contributed by atoms with Crippen molar-refractivity contribution in [3.8, 4) is 5.75 Å². The molecule has 30 heavy (non-hydrogen) atoms. The molecule has 2 aromatic rings. The Kier molecular flexibility index (Phi) is 7.80. The maximum Gasteiger partial charge on any atom is 0.408 e. The van der Waals surface area contributed by atoms with Crippen LogP contribution in [0.25, 0.3) is 0 Å². The van der Waals surface area contributed by atoms with Gasteiger partial charge in [-0.05, 0) is 56.7 Å². The van der Waals surface area contributed by atoms with E-state index in [1.807, 2.05) is 6.07 Å². The minimum atomic E-state index is -0.669. The van der Waals surface area contributed by atoms with Crippen molar-refractivity contribution in [2.45, 2.75) is 32.9 Å². The first-order chi connectivity index (χ1) is 14.2. The van der Waals surface area contributed by atoms with Crippen molar-refractivity contribution in [2.75, 3.05) is 19.0 Å². The highest BCUT2D eigenvalue weighted by atomic mass is 16.6. The summed E-state index contributed by atoms with van der Waals surface area (Å²) < 4.78 is 10.2. The number of methoxy groups -OCH3 is 1. The number of amides is 3. The van der Waals surface area contributed by atoms with Crippen molar-refractivity contribution in [1.82, 2.24) is 10.6 Å². The van der Waals surface area contributed by atoms with Crippen molar-refractivity contribution >= 4 is 23.6 Å². The van der Waals surface area contributed by atoms with E-state index in [4.69, 9.17) is 9.47 Å². The van der Waals surface area contributed by atoms with Crippen LogP contribution in [0.2, 0.25) is 0 Å². The molecule has 0 radical (unpaired) electrons. The Labute approximate surface area is 175 Å². The van der Waals surface area contributed by atoms with Crippen LogP contribution >= 0.6 is 0 Å². The monoisotopic (exact) mass is 413 g/mol. The van der Waals surface area contributed by atoms with E-state index in [9.17, 15) is 14.4 Å². The van der Waals surface area contributed by atoms with Gasteiger partial charge in [-0.3, -0.25) is 9.59 Å². The lowest BCUT2D eigenvalue weighted by atomic mass is 10.1. The molecule has 0 aliphatic heterocycles. The quantitative estimate of drug-likeness (QED) is 0.647. The second kappa shape index (κ2) is 10.3. The maximum absolute atomic E-state index is 12.3. The first-order valence-corrected chi connectivity index (χ1v) is 9.45. The van der Waals surface area contributed by atoms with Gasteiger partial charge >= 0.3 is 6.09 Å². The van der Waals surface area contributed by atoms with Gasteiger partial charge < -0.3 is 25.4 Å². The fourth-order valence-electron chi connectivity index (χ4n) is 2.48. The van der Waals surface area contributed by atoms with Crippen molar-refractivity contribution < 1.29 is 23.9 Å². The van der Waals surface area contributed by atoms with Gasteiger partial charge in [0.2, 0.25) is 5.91 Å². The molecule has 2 rings (SSSR count). The number of carbonyl (C=O) groups excluding carboxylic acids is 3. The van der Waals surface area contributed by atoms with E-state index in [2.05, 4.69) is 16.0 Å². The normalized spacial score (nSPS) is 10.7. The van der Waals surface area contributed by atoms with Crippen molar-refractivity contribution in [1.29, 1.82) is 0 Å². The zero-order valence-corrected chi connectivity index (χ0v) is 17.6. The van der Waals surface area contributed by atoms with Crippen molar-refractivity contribution in [3.63, 3.8) is 0 Å². The lowest BCUT2D eigenvalue weighted by Crippen LogP contribution is -2.37. The second-order valence-corrected chi connectivity index (χ2v) is 7.47. The topological polar surface area (TPSA) is 106 Å². The van der Waals surface area contributed by atoms with E-state index in [0.29, 0.717) is 17.0 Å². The zero-order chi connectivity index (χ0) is 22.1. The van der Waals surface area contributed by atoms with E-state index in [1.165, 1.54) is 0 Å². The smallest absolute Gasteiger partial charge is 0.408 e. The molecule has 0 unspecified atom stereocenters. The third-order valence-electron chi connectivity index (χ3n) is 3.88. The van der Waals surface area contributed by atoms with Crippen LogP contribution in [0.4, 0.5) is 10.5 Å². The fraction of sp³-hybridized carbons (Fsp3) is 0.318. The highest BCUT2D eigenvalue weighted by Gasteiger charge is 2.17. The molecule has 3 amide bonds. The number of para-hydroxylation sites is 1. The molecule has 0 bridgehead atoms. The van der Waals surface area contributed by atoms with Crippen LogP contribution < -0.4 is 20.7 Å². The molecule has 0 fully saturated rings. The third kappa shape index (κ3) is 7.46. The minimum Gasteiger partial charge on any atom is -0.497 e. The van der Waals surface area contributed by atoms with Gasteiger partial charge in [0.05, 0.1) is 7.11 Å². The fourth-order valence-corrected chi connectivity index (χ4v) is 2.48. The summed E-state index contributed by atoms with van der Waals surface area (Å²) >= 11 is 0. The molecule has 0 aliphatic rings. The van der Waals surface area contributed by atoms with E-state index < -0.39 is 17.6 Å². The average molecular weight is 413 g/mol. The van der Waals surface area contributed by atoms with Crippen LogP contribution in [0.15, 0.2) is 48.5 Å². The summed E-state index contributed by atoms with van der Waals surface area (Å²) in [6, 6.07) is 13.9.